The van der Waals surface area contributed by atoms with Gasteiger partial charge in [-0.15, -0.1) is 0 Å². The van der Waals surface area contributed by atoms with Crippen LogP contribution in [0.25, 0.3) is 10.8 Å². The fraction of sp³-hybridized carbons (Fsp3) is 0.382. The van der Waals surface area contributed by atoms with E-state index in [-0.39, 0.29) is 23.8 Å². The van der Waals surface area contributed by atoms with Gasteiger partial charge in [0.05, 0.1) is 14.2 Å². The van der Waals surface area contributed by atoms with Gasteiger partial charge in [0.25, 0.3) is 0 Å². The summed E-state index contributed by atoms with van der Waals surface area (Å²) in [6, 6.07) is 20.1. The topological polar surface area (TPSA) is 74.2 Å². The van der Waals surface area contributed by atoms with Crippen molar-refractivity contribution >= 4 is 28.2 Å². The molecular weight excluding hydrogens is 502 g/mol. The number of fused-ring (bicyclic) bond motifs is 1. The lowest BCUT2D eigenvalue weighted by Gasteiger charge is -2.37. The van der Waals surface area contributed by atoms with Gasteiger partial charge in [-0.1, -0.05) is 48.5 Å². The zero-order valence-corrected chi connectivity index (χ0v) is 23.3. The third-order valence-corrected chi connectivity index (χ3v) is 8.76. The summed E-state index contributed by atoms with van der Waals surface area (Å²) in [5.74, 6) is -0.0597. The fourth-order valence-corrected chi connectivity index (χ4v) is 6.81. The van der Waals surface area contributed by atoms with Crippen LogP contribution in [0, 0.1) is 5.92 Å². The summed E-state index contributed by atoms with van der Waals surface area (Å²) < 4.78 is 17.0. The van der Waals surface area contributed by atoms with Crippen LogP contribution in [0.15, 0.2) is 76.9 Å². The molecular formula is C34H35NO5. The number of ketones is 1. The molecule has 3 atom stereocenters. The van der Waals surface area contributed by atoms with E-state index in [1.807, 2.05) is 43.3 Å². The van der Waals surface area contributed by atoms with Crippen molar-refractivity contribution in [3.63, 3.8) is 0 Å². The first-order valence-electron chi connectivity index (χ1n) is 14.2. The molecule has 0 amide bonds. The van der Waals surface area contributed by atoms with Gasteiger partial charge < -0.3 is 14.2 Å². The number of carbonyl (C=O) groups excluding carboxylic acids is 2. The highest BCUT2D eigenvalue weighted by atomic mass is 16.5. The van der Waals surface area contributed by atoms with E-state index in [0.29, 0.717) is 35.6 Å². The van der Waals surface area contributed by atoms with Gasteiger partial charge in [0.2, 0.25) is 0 Å². The van der Waals surface area contributed by atoms with Crippen molar-refractivity contribution in [2.75, 3.05) is 14.2 Å². The third-order valence-electron chi connectivity index (χ3n) is 8.76. The number of esters is 1. The highest BCUT2D eigenvalue weighted by Gasteiger charge is 2.45. The minimum Gasteiger partial charge on any atom is -0.493 e. The molecule has 3 aliphatic rings. The second-order valence-corrected chi connectivity index (χ2v) is 11.1. The van der Waals surface area contributed by atoms with E-state index in [9.17, 15) is 9.59 Å². The molecule has 6 nitrogen and oxygen atoms in total. The maximum Gasteiger partial charge on any atom is 0.315 e. The Morgan fingerprint density at radius 1 is 0.900 bits per heavy atom. The summed E-state index contributed by atoms with van der Waals surface area (Å²) in [6.45, 7) is 1.91. The monoisotopic (exact) mass is 537 g/mol. The van der Waals surface area contributed by atoms with Crippen molar-refractivity contribution in [3.8, 4) is 11.5 Å². The van der Waals surface area contributed by atoms with Crippen LogP contribution in [0.2, 0.25) is 0 Å². The van der Waals surface area contributed by atoms with E-state index in [1.54, 1.807) is 14.2 Å². The molecule has 0 radical (unpaired) electrons. The Kier molecular flexibility index (Phi) is 7.18. The number of carbonyl (C=O) groups is 2. The smallest absolute Gasteiger partial charge is 0.315 e. The van der Waals surface area contributed by atoms with Gasteiger partial charge in [-0.25, -0.2) is 0 Å². The Balaban J connectivity index is 1.44. The second-order valence-electron chi connectivity index (χ2n) is 11.1. The minimum absolute atomic E-state index is 0.0360. The molecule has 206 valence electrons. The SMILES string of the molecule is COc1ccc(C2CC(=O)C3=C(C2)N=C(C)C(C(=O)OC2CCCC2)C3c2cccc3ccccc23)cc1OC. The van der Waals surface area contributed by atoms with Crippen molar-refractivity contribution in [3.05, 3.63) is 83.1 Å². The van der Waals surface area contributed by atoms with Crippen LogP contribution < -0.4 is 9.47 Å². The maximum atomic E-state index is 14.1. The number of allylic oxidation sites excluding steroid dienone is 2. The first-order valence-corrected chi connectivity index (χ1v) is 14.2. The number of methoxy groups -OCH3 is 2. The van der Waals surface area contributed by atoms with E-state index in [1.165, 1.54) is 0 Å². The number of aliphatic imine (C=N–C) groups is 1. The third kappa shape index (κ3) is 4.70. The Bertz CT molecular complexity index is 1530. The number of nitrogens with zero attached hydrogens (tertiary/aromatic N) is 1. The average Bonchev–Trinajstić information content (AvgIpc) is 3.48. The molecule has 1 fully saturated rings. The lowest BCUT2D eigenvalue weighted by atomic mass is 9.68. The molecule has 0 saturated heterocycles. The van der Waals surface area contributed by atoms with Crippen molar-refractivity contribution < 1.29 is 23.8 Å². The first-order chi connectivity index (χ1) is 19.5. The quantitative estimate of drug-likeness (QED) is 0.319. The number of ether oxygens (including phenoxy) is 3. The summed E-state index contributed by atoms with van der Waals surface area (Å²) in [7, 11) is 3.22. The molecule has 0 N–H and O–H groups in total. The van der Waals surface area contributed by atoms with Crippen molar-refractivity contribution in [2.24, 2.45) is 10.9 Å². The van der Waals surface area contributed by atoms with Crippen molar-refractivity contribution in [2.45, 2.75) is 63.4 Å². The van der Waals surface area contributed by atoms with Gasteiger partial charge in [-0.2, -0.15) is 0 Å². The van der Waals surface area contributed by atoms with E-state index in [4.69, 9.17) is 19.2 Å². The Morgan fingerprint density at radius 3 is 2.42 bits per heavy atom. The zero-order chi connectivity index (χ0) is 27.8. The summed E-state index contributed by atoms with van der Waals surface area (Å²) in [4.78, 5) is 32.9. The fourth-order valence-electron chi connectivity index (χ4n) is 6.81. The number of hydrogen-bond acceptors (Lipinski definition) is 6. The molecule has 3 aromatic carbocycles. The number of hydrogen-bond donors (Lipinski definition) is 0. The van der Waals surface area contributed by atoms with Crippen molar-refractivity contribution in [1.29, 1.82) is 0 Å². The van der Waals surface area contributed by atoms with Crippen LogP contribution in [0.3, 0.4) is 0 Å². The Morgan fingerprint density at radius 2 is 1.65 bits per heavy atom. The molecule has 0 spiro atoms. The number of benzene rings is 3. The molecule has 3 unspecified atom stereocenters. The Labute approximate surface area is 235 Å². The molecule has 6 heteroatoms. The van der Waals surface area contributed by atoms with Gasteiger partial charge in [0, 0.05) is 29.3 Å². The molecule has 3 aromatic rings. The Hall–Kier alpha value is -3.93. The lowest BCUT2D eigenvalue weighted by Crippen LogP contribution is -2.39. The predicted octanol–water partition coefficient (Wildman–Crippen LogP) is 6.92. The van der Waals surface area contributed by atoms with E-state index < -0.39 is 11.8 Å². The zero-order valence-electron chi connectivity index (χ0n) is 23.3. The molecule has 40 heavy (non-hydrogen) atoms. The van der Waals surface area contributed by atoms with E-state index >= 15 is 0 Å². The van der Waals surface area contributed by atoms with Crippen LogP contribution in [-0.4, -0.2) is 37.8 Å². The number of rotatable bonds is 6. The van der Waals surface area contributed by atoms with Crippen LogP contribution in [0.4, 0.5) is 0 Å². The van der Waals surface area contributed by atoms with Gasteiger partial charge in [-0.3, -0.25) is 14.6 Å². The largest absolute Gasteiger partial charge is 0.493 e. The van der Waals surface area contributed by atoms with Gasteiger partial charge in [0.1, 0.15) is 12.0 Å². The van der Waals surface area contributed by atoms with Crippen LogP contribution in [0.5, 0.6) is 11.5 Å². The van der Waals surface area contributed by atoms with E-state index in [0.717, 1.165) is 53.3 Å². The minimum atomic E-state index is -0.633. The first kappa shape index (κ1) is 26.3. The van der Waals surface area contributed by atoms with Crippen LogP contribution >= 0.6 is 0 Å². The van der Waals surface area contributed by atoms with Crippen LogP contribution in [-0.2, 0) is 14.3 Å². The summed E-state index contributed by atoms with van der Waals surface area (Å²) in [5.41, 5.74) is 4.13. The van der Waals surface area contributed by atoms with Gasteiger partial charge in [0.15, 0.2) is 17.3 Å². The molecule has 0 bridgehead atoms. The second kappa shape index (κ2) is 10.9. The normalized spacial score (nSPS) is 23.1. The van der Waals surface area contributed by atoms with Crippen LogP contribution in [0.1, 0.15) is 68.4 Å². The summed E-state index contributed by atoms with van der Waals surface area (Å²) >= 11 is 0. The van der Waals surface area contributed by atoms with E-state index in [2.05, 4.69) is 24.3 Å². The molecule has 0 aromatic heterocycles. The number of Topliss-reactive ketones (excluding diaryl/α,β-unsaturated/α-hetero) is 1. The van der Waals surface area contributed by atoms with Crippen molar-refractivity contribution in [1.82, 2.24) is 0 Å². The van der Waals surface area contributed by atoms with Gasteiger partial charge in [-0.05, 0) is 79.0 Å². The molecule has 1 saturated carbocycles. The average molecular weight is 538 g/mol. The summed E-state index contributed by atoms with van der Waals surface area (Å²) in [6.07, 6.45) is 4.84. The molecule has 2 aliphatic carbocycles. The predicted molar refractivity (Wildman–Crippen MR) is 155 cm³/mol. The molecule has 6 rings (SSSR count). The summed E-state index contributed by atoms with van der Waals surface area (Å²) in [5, 5.41) is 2.13. The maximum absolute atomic E-state index is 14.1. The standard InChI is InChI=1S/C34H35NO5/c1-20-31(34(37)40-24-11-5-6-12-24)32(26-14-8-10-21-9-4-7-13-25(21)26)33-27(35-20)17-23(18-28(33)36)22-15-16-29(38-2)30(19-22)39-3/h4,7-10,13-16,19,23-24,31-32H,5-6,11-12,17-18H2,1-3H3. The lowest BCUT2D eigenvalue weighted by molar-refractivity contribution is -0.151. The highest BCUT2D eigenvalue weighted by Crippen LogP contribution is 2.49. The molecule has 1 heterocycles. The highest BCUT2D eigenvalue weighted by molar-refractivity contribution is 6.10. The van der Waals surface area contributed by atoms with Gasteiger partial charge >= 0.3 is 5.97 Å². The molecule has 1 aliphatic heterocycles.